The molecule has 198 valence electrons. The SMILES string of the molecule is Nc1ccc(OCCCCCCCCCN2CCc3c(sc(N)c3C(=O)c3ccc(Cl)c(Cl)c3)C2)cc1. The molecule has 4 rings (SSSR count). The van der Waals surface area contributed by atoms with Gasteiger partial charge < -0.3 is 16.2 Å². The molecule has 1 aromatic heterocycles. The molecule has 0 aliphatic carbocycles. The van der Waals surface area contributed by atoms with Crippen molar-refractivity contribution in [1.82, 2.24) is 4.90 Å². The molecule has 4 N–H and O–H groups in total. The fourth-order valence-electron chi connectivity index (χ4n) is 4.77. The van der Waals surface area contributed by atoms with Crippen molar-refractivity contribution in [3.63, 3.8) is 0 Å². The number of benzene rings is 2. The van der Waals surface area contributed by atoms with Crippen LogP contribution in [0.15, 0.2) is 42.5 Å². The number of unbranched alkanes of at least 4 members (excludes halogenated alkanes) is 6. The van der Waals surface area contributed by atoms with Gasteiger partial charge in [0.1, 0.15) is 5.75 Å². The molecule has 0 bridgehead atoms. The first-order valence-electron chi connectivity index (χ1n) is 13.0. The van der Waals surface area contributed by atoms with Crippen molar-refractivity contribution in [2.45, 2.75) is 57.9 Å². The fourth-order valence-corrected chi connectivity index (χ4v) is 6.23. The molecule has 1 aliphatic rings. The second-order valence-electron chi connectivity index (χ2n) is 9.62. The summed E-state index contributed by atoms with van der Waals surface area (Å²) in [6, 6.07) is 12.6. The molecule has 37 heavy (non-hydrogen) atoms. The molecule has 8 heteroatoms. The van der Waals surface area contributed by atoms with Crippen LogP contribution in [0.4, 0.5) is 10.7 Å². The molecular formula is C29H35Cl2N3O2S. The van der Waals surface area contributed by atoms with Crippen LogP contribution in [0, 0.1) is 0 Å². The number of nitrogens with zero attached hydrogens (tertiary/aromatic N) is 1. The number of fused-ring (bicyclic) bond motifs is 1. The first kappa shape index (κ1) is 27.8. The Morgan fingerprint density at radius 2 is 1.62 bits per heavy atom. The van der Waals surface area contributed by atoms with E-state index in [2.05, 4.69) is 4.90 Å². The molecule has 0 saturated heterocycles. The van der Waals surface area contributed by atoms with Gasteiger partial charge in [0.2, 0.25) is 0 Å². The molecule has 2 heterocycles. The van der Waals surface area contributed by atoms with Gasteiger partial charge in [0.25, 0.3) is 0 Å². The van der Waals surface area contributed by atoms with E-state index in [1.165, 1.54) is 43.4 Å². The van der Waals surface area contributed by atoms with Gasteiger partial charge in [-0.25, -0.2) is 0 Å². The normalized spacial score (nSPS) is 13.5. The van der Waals surface area contributed by atoms with Gasteiger partial charge in [-0.2, -0.15) is 0 Å². The van der Waals surface area contributed by atoms with Crippen molar-refractivity contribution in [2.75, 3.05) is 31.2 Å². The highest BCUT2D eigenvalue weighted by Gasteiger charge is 2.27. The highest BCUT2D eigenvalue weighted by Crippen LogP contribution is 2.37. The van der Waals surface area contributed by atoms with Gasteiger partial charge in [0.15, 0.2) is 5.78 Å². The number of halogens is 2. The van der Waals surface area contributed by atoms with Gasteiger partial charge >= 0.3 is 0 Å². The van der Waals surface area contributed by atoms with E-state index in [9.17, 15) is 4.79 Å². The van der Waals surface area contributed by atoms with E-state index >= 15 is 0 Å². The number of hydrogen-bond donors (Lipinski definition) is 2. The van der Waals surface area contributed by atoms with E-state index in [0.717, 1.165) is 56.1 Å². The van der Waals surface area contributed by atoms with E-state index in [-0.39, 0.29) is 5.78 Å². The van der Waals surface area contributed by atoms with E-state index < -0.39 is 0 Å². The minimum atomic E-state index is -0.0705. The number of rotatable bonds is 13. The van der Waals surface area contributed by atoms with Crippen molar-refractivity contribution in [3.05, 3.63) is 74.1 Å². The lowest BCUT2D eigenvalue weighted by atomic mass is 9.96. The monoisotopic (exact) mass is 559 g/mol. The Kier molecular flexibility index (Phi) is 10.1. The largest absolute Gasteiger partial charge is 0.494 e. The van der Waals surface area contributed by atoms with Crippen LogP contribution in [-0.2, 0) is 13.0 Å². The first-order valence-corrected chi connectivity index (χ1v) is 14.6. The van der Waals surface area contributed by atoms with Crippen molar-refractivity contribution < 1.29 is 9.53 Å². The van der Waals surface area contributed by atoms with Crippen LogP contribution in [0.5, 0.6) is 5.75 Å². The third-order valence-corrected chi connectivity index (χ3v) is 8.62. The van der Waals surface area contributed by atoms with Gasteiger partial charge in [0.05, 0.1) is 27.2 Å². The lowest BCUT2D eigenvalue weighted by molar-refractivity contribution is 0.103. The van der Waals surface area contributed by atoms with Crippen molar-refractivity contribution >= 4 is 51.0 Å². The number of nitrogen functional groups attached to an aromatic ring is 2. The summed E-state index contributed by atoms with van der Waals surface area (Å²) >= 11 is 13.7. The Balaban J connectivity index is 1.12. The molecule has 0 radical (unpaired) electrons. The number of thiophene rings is 1. The molecular weight excluding hydrogens is 525 g/mol. The number of carbonyl (C=O) groups is 1. The van der Waals surface area contributed by atoms with Gasteiger partial charge in [-0.05, 0) is 73.8 Å². The van der Waals surface area contributed by atoms with Crippen LogP contribution >= 0.6 is 34.5 Å². The van der Waals surface area contributed by atoms with Gasteiger partial charge in [-0.3, -0.25) is 9.69 Å². The number of carbonyl (C=O) groups excluding carboxylic acids is 1. The van der Waals surface area contributed by atoms with Crippen molar-refractivity contribution in [1.29, 1.82) is 0 Å². The number of hydrogen-bond acceptors (Lipinski definition) is 6. The Bertz CT molecular complexity index is 1200. The van der Waals surface area contributed by atoms with Gasteiger partial charge in [0, 0.05) is 29.2 Å². The zero-order chi connectivity index (χ0) is 26.2. The smallest absolute Gasteiger partial charge is 0.196 e. The quantitative estimate of drug-likeness (QED) is 0.128. The minimum Gasteiger partial charge on any atom is -0.494 e. The summed E-state index contributed by atoms with van der Waals surface area (Å²) in [6.07, 6.45) is 9.38. The zero-order valence-corrected chi connectivity index (χ0v) is 23.4. The van der Waals surface area contributed by atoms with Crippen LogP contribution in [0.2, 0.25) is 10.0 Å². The molecule has 0 amide bonds. The molecule has 2 aromatic carbocycles. The average Bonchev–Trinajstić information content (AvgIpc) is 3.22. The molecule has 1 aliphatic heterocycles. The summed E-state index contributed by atoms with van der Waals surface area (Å²) in [5.74, 6) is 0.817. The maximum atomic E-state index is 13.2. The Morgan fingerprint density at radius 3 is 2.35 bits per heavy atom. The number of anilines is 2. The van der Waals surface area contributed by atoms with Crippen LogP contribution in [0.1, 0.15) is 71.3 Å². The van der Waals surface area contributed by atoms with Crippen LogP contribution in [0.25, 0.3) is 0 Å². The highest BCUT2D eigenvalue weighted by atomic mass is 35.5. The first-order chi connectivity index (χ1) is 17.9. The molecule has 5 nitrogen and oxygen atoms in total. The third kappa shape index (κ3) is 7.64. The van der Waals surface area contributed by atoms with Crippen LogP contribution in [-0.4, -0.2) is 30.4 Å². The van der Waals surface area contributed by atoms with E-state index in [1.54, 1.807) is 29.5 Å². The highest BCUT2D eigenvalue weighted by molar-refractivity contribution is 7.16. The molecule has 0 saturated carbocycles. The molecule has 3 aromatic rings. The number of ether oxygens (including phenoxy) is 1. The Morgan fingerprint density at radius 1 is 0.919 bits per heavy atom. The number of ketones is 1. The van der Waals surface area contributed by atoms with E-state index in [0.29, 0.717) is 26.2 Å². The van der Waals surface area contributed by atoms with Gasteiger partial charge in [-0.15, -0.1) is 11.3 Å². The summed E-state index contributed by atoms with van der Waals surface area (Å²) in [5.41, 5.74) is 15.1. The fraction of sp³-hybridized carbons (Fsp3) is 0.414. The number of nitrogens with two attached hydrogens (primary N) is 2. The summed E-state index contributed by atoms with van der Waals surface area (Å²) in [7, 11) is 0. The maximum absolute atomic E-state index is 13.2. The summed E-state index contributed by atoms with van der Waals surface area (Å²) in [5, 5.41) is 1.42. The predicted molar refractivity (Wildman–Crippen MR) is 156 cm³/mol. The molecule has 0 spiro atoms. The predicted octanol–water partition coefficient (Wildman–Crippen LogP) is 7.62. The van der Waals surface area contributed by atoms with Crippen LogP contribution < -0.4 is 16.2 Å². The maximum Gasteiger partial charge on any atom is 0.196 e. The Hall–Kier alpha value is -2.25. The summed E-state index contributed by atoms with van der Waals surface area (Å²) < 4.78 is 5.75. The molecule has 0 atom stereocenters. The topological polar surface area (TPSA) is 81.6 Å². The lowest BCUT2D eigenvalue weighted by Gasteiger charge is -2.27. The third-order valence-electron chi connectivity index (χ3n) is 6.84. The standard InChI is InChI=1S/C29H35Cl2N3O2S/c30-24-13-8-20(18-25(24)31)28(35)27-23-14-16-34(19-26(23)37-29(27)33)15-6-4-2-1-3-5-7-17-36-22-11-9-21(32)10-12-22/h8-13,18H,1-7,14-17,19,32-33H2. The second-order valence-corrected chi connectivity index (χ2v) is 11.6. The average molecular weight is 561 g/mol. The molecule has 0 unspecified atom stereocenters. The Labute approximate surface area is 233 Å². The second kappa shape index (κ2) is 13.5. The van der Waals surface area contributed by atoms with E-state index in [1.807, 2.05) is 24.3 Å². The summed E-state index contributed by atoms with van der Waals surface area (Å²) in [4.78, 5) is 16.9. The minimum absolute atomic E-state index is 0.0705. The summed E-state index contributed by atoms with van der Waals surface area (Å²) in [6.45, 7) is 3.67. The van der Waals surface area contributed by atoms with Crippen LogP contribution in [0.3, 0.4) is 0 Å². The van der Waals surface area contributed by atoms with Crippen molar-refractivity contribution in [2.24, 2.45) is 0 Å². The molecule has 0 fully saturated rings. The van der Waals surface area contributed by atoms with Gasteiger partial charge in [-0.1, -0.05) is 55.3 Å². The lowest BCUT2D eigenvalue weighted by Crippen LogP contribution is -2.31. The zero-order valence-electron chi connectivity index (χ0n) is 21.1. The van der Waals surface area contributed by atoms with Crippen molar-refractivity contribution in [3.8, 4) is 5.75 Å². The van der Waals surface area contributed by atoms with E-state index in [4.69, 9.17) is 39.4 Å².